The van der Waals surface area contributed by atoms with E-state index in [1.165, 1.54) is 22.9 Å². The quantitative estimate of drug-likeness (QED) is 0.369. The Morgan fingerprint density at radius 2 is 1.80 bits per heavy atom. The van der Waals surface area contributed by atoms with Crippen molar-refractivity contribution in [3.63, 3.8) is 0 Å². The normalized spacial score (nSPS) is 25.4. The van der Waals surface area contributed by atoms with Crippen LogP contribution in [-0.4, -0.2) is 77.2 Å². The Kier molecular flexibility index (Phi) is 7.56. The van der Waals surface area contributed by atoms with Crippen molar-refractivity contribution in [2.24, 2.45) is 0 Å². The van der Waals surface area contributed by atoms with Gasteiger partial charge in [-0.1, -0.05) is 56.7 Å². The zero-order chi connectivity index (χ0) is 30.3. The Bertz CT molecular complexity index is 1570. The number of carbonyl (C=O) groups is 2. The number of hydrogen-bond donors (Lipinski definition) is 2. The van der Waals surface area contributed by atoms with Gasteiger partial charge in [0.2, 0.25) is 0 Å². The molecule has 10 heteroatoms. The SMILES string of the molecule is CCCC1(COc2nc3c(c(N4CCCC5(C4)NC(=O)NC5=O)n2)CCN(c2cccc4ccccc24)C3)CCCN1CC. The molecule has 10 nitrogen and oxygen atoms in total. The molecule has 7 rings (SSSR count). The molecule has 4 aliphatic heterocycles. The predicted octanol–water partition coefficient (Wildman–Crippen LogP) is 4.40. The van der Waals surface area contributed by atoms with Gasteiger partial charge in [0, 0.05) is 29.7 Å². The molecule has 3 amide bonds. The lowest BCUT2D eigenvalue weighted by atomic mass is 9.88. The standard InChI is InChI=1S/C34H43N7O3/c1-3-15-33(16-8-19-41(33)4-2)23-44-32-35-27-21-39(28-13-7-11-24-10-5-6-12-25(24)28)20-14-26(27)29(36-32)40-18-9-17-34(22-40)30(42)37-31(43)38-34/h5-7,10-13H,3-4,8-9,14-23H2,1-2H3,(H2,37,38,42,43). The van der Waals surface area contributed by atoms with Crippen LogP contribution in [0.3, 0.4) is 0 Å². The average molecular weight is 598 g/mol. The number of likely N-dealkylation sites (N-methyl/N-ethyl adjacent to an activating group) is 1. The number of amides is 3. The Hall–Kier alpha value is -3.92. The van der Waals surface area contributed by atoms with Gasteiger partial charge in [-0.25, -0.2) is 4.79 Å². The summed E-state index contributed by atoms with van der Waals surface area (Å²) in [7, 11) is 0. The first-order chi connectivity index (χ1) is 21.4. The van der Waals surface area contributed by atoms with E-state index in [0.29, 0.717) is 32.1 Å². The van der Waals surface area contributed by atoms with Crippen LogP contribution in [0.1, 0.15) is 63.6 Å². The Morgan fingerprint density at radius 3 is 2.61 bits per heavy atom. The highest BCUT2D eigenvalue weighted by atomic mass is 16.5. The van der Waals surface area contributed by atoms with Gasteiger partial charge in [0.1, 0.15) is 18.0 Å². The molecule has 0 aliphatic carbocycles. The van der Waals surface area contributed by atoms with Gasteiger partial charge < -0.3 is 19.9 Å². The molecular formula is C34H43N7O3. The molecule has 1 aromatic heterocycles. The molecule has 3 fully saturated rings. The summed E-state index contributed by atoms with van der Waals surface area (Å²) >= 11 is 0. The van der Waals surface area contributed by atoms with Crippen LogP contribution in [0.15, 0.2) is 42.5 Å². The Labute approximate surface area is 259 Å². The van der Waals surface area contributed by atoms with E-state index in [-0.39, 0.29) is 11.4 Å². The van der Waals surface area contributed by atoms with Crippen LogP contribution in [0.5, 0.6) is 6.01 Å². The number of carbonyl (C=O) groups excluding carboxylic acids is 2. The van der Waals surface area contributed by atoms with Gasteiger partial charge in [-0.2, -0.15) is 9.97 Å². The number of likely N-dealkylation sites (tertiary alicyclic amines) is 1. The summed E-state index contributed by atoms with van der Waals surface area (Å²) < 4.78 is 6.58. The van der Waals surface area contributed by atoms with E-state index in [1.807, 2.05) is 0 Å². The largest absolute Gasteiger partial charge is 0.461 e. The second-order valence-electron chi connectivity index (χ2n) is 12.9. The minimum Gasteiger partial charge on any atom is -0.461 e. The van der Waals surface area contributed by atoms with Gasteiger partial charge >= 0.3 is 12.0 Å². The molecule has 3 aromatic rings. The van der Waals surface area contributed by atoms with Crippen molar-refractivity contribution < 1.29 is 14.3 Å². The van der Waals surface area contributed by atoms with E-state index in [0.717, 1.165) is 75.4 Å². The third kappa shape index (κ3) is 5.02. The van der Waals surface area contributed by atoms with Crippen LogP contribution in [-0.2, 0) is 17.8 Å². The number of nitrogens with zero attached hydrogens (tertiary/aromatic N) is 5. The average Bonchev–Trinajstić information content (AvgIpc) is 3.57. The number of hydrogen-bond acceptors (Lipinski definition) is 8. The molecule has 4 aliphatic rings. The highest BCUT2D eigenvalue weighted by molar-refractivity contribution is 6.07. The number of anilines is 2. The van der Waals surface area contributed by atoms with Gasteiger partial charge in [-0.15, -0.1) is 0 Å². The molecule has 0 radical (unpaired) electrons. The minimum absolute atomic E-state index is 0.000679. The highest BCUT2D eigenvalue weighted by Gasteiger charge is 2.49. The zero-order valence-electron chi connectivity index (χ0n) is 25.9. The van der Waals surface area contributed by atoms with E-state index < -0.39 is 11.6 Å². The van der Waals surface area contributed by atoms with Crippen LogP contribution in [0.2, 0.25) is 0 Å². The summed E-state index contributed by atoms with van der Waals surface area (Å²) in [6, 6.07) is 15.0. The smallest absolute Gasteiger partial charge is 0.322 e. The van der Waals surface area contributed by atoms with E-state index in [1.54, 1.807) is 0 Å². The number of piperidine rings is 1. The minimum atomic E-state index is -0.936. The first-order valence-electron chi connectivity index (χ1n) is 16.3. The fourth-order valence-electron chi connectivity index (χ4n) is 8.13. The third-order valence-electron chi connectivity index (χ3n) is 10.2. The number of nitrogens with one attached hydrogen (secondary N) is 2. The van der Waals surface area contributed by atoms with Gasteiger partial charge in [0.25, 0.3) is 5.91 Å². The molecule has 0 saturated carbocycles. The van der Waals surface area contributed by atoms with Crippen molar-refractivity contribution >= 4 is 34.2 Å². The number of fused-ring (bicyclic) bond motifs is 2. The molecule has 1 spiro atoms. The van der Waals surface area contributed by atoms with Crippen molar-refractivity contribution in [3.05, 3.63) is 53.7 Å². The molecule has 2 atom stereocenters. The number of benzene rings is 2. The van der Waals surface area contributed by atoms with Crippen LogP contribution in [0.4, 0.5) is 16.3 Å². The lowest BCUT2D eigenvalue weighted by Crippen LogP contribution is -2.59. The molecule has 5 heterocycles. The summed E-state index contributed by atoms with van der Waals surface area (Å²) in [5.41, 5.74) is 2.33. The Balaban J connectivity index is 1.24. The van der Waals surface area contributed by atoms with Crippen molar-refractivity contribution in [2.45, 2.75) is 76.4 Å². The van der Waals surface area contributed by atoms with E-state index in [4.69, 9.17) is 14.7 Å². The van der Waals surface area contributed by atoms with Crippen molar-refractivity contribution in [2.75, 3.05) is 49.1 Å². The highest BCUT2D eigenvalue weighted by Crippen LogP contribution is 2.38. The van der Waals surface area contributed by atoms with Crippen LogP contribution >= 0.6 is 0 Å². The zero-order valence-corrected chi connectivity index (χ0v) is 25.9. The summed E-state index contributed by atoms with van der Waals surface area (Å²) in [6.07, 6.45) is 6.63. The number of rotatable bonds is 8. The van der Waals surface area contributed by atoms with Crippen LogP contribution in [0.25, 0.3) is 10.8 Å². The van der Waals surface area contributed by atoms with Gasteiger partial charge in [0.15, 0.2) is 0 Å². The lowest BCUT2D eigenvalue weighted by Gasteiger charge is -2.41. The van der Waals surface area contributed by atoms with Gasteiger partial charge in [0.05, 0.1) is 24.3 Å². The molecular weight excluding hydrogens is 554 g/mol. The molecule has 2 unspecified atom stereocenters. The molecule has 2 aromatic carbocycles. The first kappa shape index (κ1) is 28.8. The van der Waals surface area contributed by atoms with E-state index >= 15 is 0 Å². The second kappa shape index (κ2) is 11.5. The van der Waals surface area contributed by atoms with Gasteiger partial charge in [-0.05, 0) is 63.1 Å². The second-order valence-corrected chi connectivity index (χ2v) is 12.9. The molecule has 0 bridgehead atoms. The fourth-order valence-corrected chi connectivity index (χ4v) is 8.13. The van der Waals surface area contributed by atoms with Crippen LogP contribution in [0, 0.1) is 0 Å². The molecule has 232 valence electrons. The number of aromatic nitrogens is 2. The Morgan fingerprint density at radius 1 is 0.955 bits per heavy atom. The topological polar surface area (TPSA) is 103 Å². The van der Waals surface area contributed by atoms with E-state index in [9.17, 15) is 9.59 Å². The van der Waals surface area contributed by atoms with Crippen molar-refractivity contribution in [3.8, 4) is 6.01 Å². The fraction of sp³-hybridized carbons (Fsp3) is 0.529. The lowest BCUT2D eigenvalue weighted by molar-refractivity contribution is -0.124. The number of ether oxygens (including phenoxy) is 1. The monoisotopic (exact) mass is 597 g/mol. The number of imide groups is 1. The summed E-state index contributed by atoms with van der Waals surface area (Å²) in [6.45, 7) is 9.74. The van der Waals surface area contributed by atoms with Crippen molar-refractivity contribution in [1.29, 1.82) is 0 Å². The number of urea groups is 1. The predicted molar refractivity (Wildman–Crippen MR) is 171 cm³/mol. The maximum Gasteiger partial charge on any atom is 0.322 e. The maximum atomic E-state index is 12.9. The summed E-state index contributed by atoms with van der Waals surface area (Å²) in [5, 5.41) is 7.82. The molecule has 3 saturated heterocycles. The summed E-state index contributed by atoms with van der Waals surface area (Å²) in [5.74, 6) is 0.579. The summed E-state index contributed by atoms with van der Waals surface area (Å²) in [4.78, 5) is 42.4. The van der Waals surface area contributed by atoms with E-state index in [2.05, 4.69) is 81.6 Å². The molecule has 2 N–H and O–H groups in total. The maximum absolute atomic E-state index is 12.9. The van der Waals surface area contributed by atoms with Crippen molar-refractivity contribution in [1.82, 2.24) is 25.5 Å². The third-order valence-corrected chi connectivity index (χ3v) is 10.2. The molecule has 44 heavy (non-hydrogen) atoms. The van der Waals surface area contributed by atoms with Gasteiger partial charge in [-0.3, -0.25) is 15.0 Å². The first-order valence-corrected chi connectivity index (χ1v) is 16.3. The van der Waals surface area contributed by atoms with Crippen LogP contribution < -0.4 is 25.2 Å².